The summed E-state index contributed by atoms with van der Waals surface area (Å²) in [4.78, 5) is 0. The highest BCUT2D eigenvalue weighted by Crippen LogP contribution is 2.19. The Morgan fingerprint density at radius 1 is 0.650 bits per heavy atom. The van der Waals surface area contributed by atoms with E-state index in [2.05, 4.69) is 21.0 Å². The molecule has 0 aliphatic heterocycles. The highest BCUT2D eigenvalue weighted by Gasteiger charge is 2.07. The third-order valence-electron chi connectivity index (χ3n) is 4.29. The Morgan fingerprint density at radius 3 is 1.50 bits per heavy atom. The number of hydrogen-bond donors (Lipinski definition) is 0. The number of rotatable bonds is 16. The molecule has 0 aromatic heterocycles. The van der Waals surface area contributed by atoms with Crippen molar-refractivity contribution in [2.75, 3.05) is 6.61 Å². The van der Waals surface area contributed by atoms with Gasteiger partial charge in [0.2, 0.25) is 0 Å². The van der Waals surface area contributed by atoms with E-state index in [0.717, 1.165) is 12.5 Å². The molecule has 0 heterocycles. The first-order valence-electron chi connectivity index (χ1n) is 9.22. The van der Waals surface area contributed by atoms with E-state index in [1.165, 1.54) is 89.9 Å². The highest BCUT2D eigenvalue weighted by molar-refractivity contribution is 4.60. The highest BCUT2D eigenvalue weighted by atomic mass is 16.5. The Morgan fingerprint density at radius 2 is 1.05 bits per heavy atom. The molecule has 0 aliphatic carbocycles. The van der Waals surface area contributed by atoms with Crippen LogP contribution in [0.15, 0.2) is 0 Å². The molecular weight excluding hydrogens is 244 g/mol. The molecule has 0 amide bonds. The lowest BCUT2D eigenvalue weighted by Gasteiger charge is -2.15. The monoisotopic (exact) mass is 283 g/mol. The summed E-state index contributed by atoms with van der Waals surface area (Å²) >= 11 is 0. The van der Waals surface area contributed by atoms with Gasteiger partial charge < -0.3 is 4.74 Å². The van der Waals surface area contributed by atoms with Crippen LogP contribution in [0.5, 0.6) is 0 Å². The molecule has 20 heavy (non-hydrogen) atoms. The smallest absolute Gasteiger partial charge is 0.0700 e. The molecule has 0 aromatic rings. The van der Waals surface area contributed by atoms with E-state index >= 15 is 0 Å². The topological polar surface area (TPSA) is 9.23 Å². The summed E-state index contributed by atoms with van der Waals surface area (Å²) in [7, 11) is 3.56. The largest absolute Gasteiger partial charge is 0.379 e. The molecule has 1 radical (unpaired) electrons. The molecule has 0 aromatic carbocycles. The Bertz CT molecular complexity index is 167. The first-order chi connectivity index (χ1) is 9.85. The van der Waals surface area contributed by atoms with Crippen LogP contribution in [0, 0.1) is 13.0 Å². The van der Waals surface area contributed by atoms with Crippen LogP contribution in [0.2, 0.25) is 0 Å². The Labute approximate surface area is 128 Å². The fourth-order valence-electron chi connectivity index (χ4n) is 2.90. The van der Waals surface area contributed by atoms with Crippen molar-refractivity contribution >= 4 is 0 Å². The molecule has 0 saturated carbocycles. The summed E-state index contributed by atoms with van der Waals surface area (Å²) in [5.41, 5.74) is 0. The van der Waals surface area contributed by atoms with Crippen molar-refractivity contribution in [1.82, 2.24) is 0 Å². The van der Waals surface area contributed by atoms with Crippen molar-refractivity contribution in [3.05, 3.63) is 7.11 Å². The minimum Gasteiger partial charge on any atom is -0.379 e. The normalized spacial score (nSPS) is 12.8. The predicted octanol–water partition coefficient (Wildman–Crippen LogP) is 6.91. The van der Waals surface area contributed by atoms with Gasteiger partial charge in [0.25, 0.3) is 0 Å². The third kappa shape index (κ3) is 14.4. The minimum absolute atomic E-state index is 0.754. The van der Waals surface area contributed by atoms with Crippen molar-refractivity contribution in [2.24, 2.45) is 5.92 Å². The summed E-state index contributed by atoms with van der Waals surface area (Å²) in [6.45, 7) is 5.42. The van der Waals surface area contributed by atoms with Gasteiger partial charge in [0.15, 0.2) is 0 Å². The van der Waals surface area contributed by atoms with Gasteiger partial charge in [0.1, 0.15) is 0 Å². The van der Waals surface area contributed by atoms with Crippen LogP contribution >= 0.6 is 0 Å². The second kappa shape index (κ2) is 17.0. The average Bonchev–Trinajstić information content (AvgIpc) is 2.46. The van der Waals surface area contributed by atoms with E-state index in [-0.39, 0.29) is 0 Å². The summed E-state index contributed by atoms with van der Waals surface area (Å²) in [5, 5.41) is 0. The quantitative estimate of drug-likeness (QED) is 0.280. The third-order valence-corrected chi connectivity index (χ3v) is 4.29. The van der Waals surface area contributed by atoms with Crippen LogP contribution < -0.4 is 0 Å². The van der Waals surface area contributed by atoms with Gasteiger partial charge in [0, 0.05) is 6.61 Å². The molecule has 0 N–H and O–H groups in total. The van der Waals surface area contributed by atoms with Crippen LogP contribution in [-0.4, -0.2) is 6.61 Å². The van der Waals surface area contributed by atoms with Crippen LogP contribution in [-0.2, 0) is 4.74 Å². The molecule has 0 rings (SSSR count). The van der Waals surface area contributed by atoms with E-state index in [1.54, 1.807) is 0 Å². The van der Waals surface area contributed by atoms with Crippen molar-refractivity contribution in [1.29, 1.82) is 0 Å². The molecule has 1 nitrogen and oxygen atoms in total. The lowest BCUT2D eigenvalue weighted by Crippen LogP contribution is -2.07. The Hall–Kier alpha value is -0.0400. The maximum absolute atomic E-state index is 5.13. The predicted molar refractivity (Wildman–Crippen MR) is 90.8 cm³/mol. The van der Waals surface area contributed by atoms with Gasteiger partial charge in [-0.2, -0.15) is 0 Å². The minimum atomic E-state index is 0.754. The number of ether oxygens (including phenoxy) is 1. The van der Waals surface area contributed by atoms with E-state index in [9.17, 15) is 0 Å². The van der Waals surface area contributed by atoms with Gasteiger partial charge >= 0.3 is 0 Å². The molecule has 1 unspecified atom stereocenters. The molecule has 0 fully saturated rings. The van der Waals surface area contributed by atoms with Crippen LogP contribution in [0.25, 0.3) is 0 Å². The standard InChI is InChI=1S/C19H39O/c1-4-6-8-10-11-12-13-15-17-19(18-20-3)16-14-9-7-5-2/h19H,3-18H2,1-2H3. The van der Waals surface area contributed by atoms with Crippen molar-refractivity contribution in [3.63, 3.8) is 0 Å². The summed E-state index contributed by atoms with van der Waals surface area (Å²) in [6.07, 6.45) is 19.5. The van der Waals surface area contributed by atoms with E-state index in [1.807, 2.05) is 0 Å². The van der Waals surface area contributed by atoms with Crippen LogP contribution in [0.4, 0.5) is 0 Å². The molecular formula is C19H39O. The van der Waals surface area contributed by atoms with Gasteiger partial charge in [-0.3, -0.25) is 0 Å². The van der Waals surface area contributed by atoms with Crippen molar-refractivity contribution in [2.45, 2.75) is 104 Å². The Kier molecular flexibility index (Phi) is 17.0. The SMILES string of the molecule is [CH2]OCC(CCCCCC)CCCCCCCCCC. The lowest BCUT2D eigenvalue weighted by atomic mass is 9.95. The zero-order chi connectivity index (χ0) is 14.9. The molecule has 0 bridgehead atoms. The summed E-state index contributed by atoms with van der Waals surface area (Å²) in [5.74, 6) is 0.754. The fraction of sp³-hybridized carbons (Fsp3) is 0.947. The summed E-state index contributed by atoms with van der Waals surface area (Å²) < 4.78 is 5.13. The maximum Gasteiger partial charge on any atom is 0.0700 e. The summed E-state index contributed by atoms with van der Waals surface area (Å²) in [6, 6.07) is 0. The van der Waals surface area contributed by atoms with E-state index in [4.69, 9.17) is 4.74 Å². The lowest BCUT2D eigenvalue weighted by molar-refractivity contribution is 0.171. The van der Waals surface area contributed by atoms with Crippen LogP contribution in [0.3, 0.4) is 0 Å². The first-order valence-corrected chi connectivity index (χ1v) is 9.22. The average molecular weight is 284 g/mol. The fourth-order valence-corrected chi connectivity index (χ4v) is 2.90. The van der Waals surface area contributed by atoms with Gasteiger partial charge in [-0.15, -0.1) is 0 Å². The van der Waals surface area contributed by atoms with Gasteiger partial charge in [-0.05, 0) is 18.8 Å². The molecule has 0 saturated heterocycles. The maximum atomic E-state index is 5.13. The zero-order valence-electron chi connectivity index (χ0n) is 14.3. The molecule has 1 atom stereocenters. The van der Waals surface area contributed by atoms with Crippen LogP contribution in [0.1, 0.15) is 104 Å². The second-order valence-electron chi connectivity index (χ2n) is 6.35. The number of hydrogen-bond acceptors (Lipinski definition) is 1. The van der Waals surface area contributed by atoms with E-state index < -0.39 is 0 Å². The van der Waals surface area contributed by atoms with Gasteiger partial charge in [0.05, 0.1) is 7.11 Å². The molecule has 121 valence electrons. The zero-order valence-corrected chi connectivity index (χ0v) is 14.3. The van der Waals surface area contributed by atoms with Gasteiger partial charge in [-0.25, -0.2) is 0 Å². The second-order valence-corrected chi connectivity index (χ2v) is 6.35. The van der Waals surface area contributed by atoms with Gasteiger partial charge in [-0.1, -0.05) is 90.9 Å². The molecule has 0 aliphatic rings. The van der Waals surface area contributed by atoms with E-state index in [0.29, 0.717) is 0 Å². The molecule has 1 heteroatoms. The first kappa shape index (κ1) is 20.0. The Balaban J connectivity index is 3.40. The number of unbranched alkanes of at least 4 members (excludes halogenated alkanes) is 10. The van der Waals surface area contributed by atoms with Crippen molar-refractivity contribution in [3.8, 4) is 0 Å². The molecule has 0 spiro atoms. The van der Waals surface area contributed by atoms with Crippen molar-refractivity contribution < 1.29 is 4.74 Å².